The van der Waals surface area contributed by atoms with Crippen molar-refractivity contribution in [3.63, 3.8) is 0 Å². The number of hydrogen-bond acceptors (Lipinski definition) is 2. The molecule has 3 atom stereocenters. The van der Waals surface area contributed by atoms with Crippen molar-refractivity contribution in [1.82, 2.24) is 5.32 Å². The molecule has 1 saturated carbocycles. The summed E-state index contributed by atoms with van der Waals surface area (Å²) >= 11 is 0. The first-order valence-electron chi connectivity index (χ1n) is 6.38. The van der Waals surface area contributed by atoms with Gasteiger partial charge in [0.25, 0.3) is 0 Å². The van der Waals surface area contributed by atoms with Crippen LogP contribution in [-0.4, -0.2) is 18.5 Å². The highest BCUT2D eigenvalue weighted by molar-refractivity contribution is 5.75. The van der Waals surface area contributed by atoms with Gasteiger partial charge in [-0.15, -0.1) is 0 Å². The van der Waals surface area contributed by atoms with Crippen molar-refractivity contribution in [2.45, 2.75) is 52.0 Å². The van der Waals surface area contributed by atoms with Crippen LogP contribution in [0.4, 0.5) is 0 Å². The molecule has 0 aromatic heterocycles. The summed E-state index contributed by atoms with van der Waals surface area (Å²) in [5.74, 6) is 1.65. The fourth-order valence-electron chi connectivity index (χ4n) is 3.48. The van der Waals surface area contributed by atoms with Crippen molar-refractivity contribution in [1.29, 1.82) is 0 Å². The Hall–Kier alpha value is -0.570. The molecule has 1 rings (SSSR count). The number of amides is 1. The number of nitrogens with two attached hydrogens (primary N) is 1. The van der Waals surface area contributed by atoms with Gasteiger partial charge in [0.1, 0.15) is 0 Å². The van der Waals surface area contributed by atoms with Gasteiger partial charge in [-0.25, -0.2) is 0 Å². The predicted octanol–water partition coefficient (Wildman–Crippen LogP) is 1.91. The molecule has 0 aliphatic heterocycles. The third kappa shape index (κ3) is 2.76. The van der Waals surface area contributed by atoms with Crippen molar-refractivity contribution < 1.29 is 4.79 Å². The van der Waals surface area contributed by atoms with Gasteiger partial charge < -0.3 is 11.1 Å². The molecule has 0 aromatic rings. The minimum absolute atomic E-state index is 0.0718. The zero-order valence-corrected chi connectivity index (χ0v) is 11.0. The Morgan fingerprint density at radius 3 is 2.56 bits per heavy atom. The summed E-state index contributed by atoms with van der Waals surface area (Å²) in [6.45, 7) is 6.76. The first kappa shape index (κ1) is 13.5. The Morgan fingerprint density at radius 1 is 1.50 bits per heavy atom. The number of primary amides is 1. The minimum Gasteiger partial charge on any atom is -0.370 e. The smallest absolute Gasteiger partial charge is 0.219 e. The van der Waals surface area contributed by atoms with Gasteiger partial charge in [-0.3, -0.25) is 4.79 Å². The van der Waals surface area contributed by atoms with Gasteiger partial charge in [-0.1, -0.05) is 27.2 Å². The molecule has 3 nitrogen and oxygen atoms in total. The second-order valence-corrected chi connectivity index (χ2v) is 5.79. The summed E-state index contributed by atoms with van der Waals surface area (Å²) in [5, 5.41) is 3.41. The van der Waals surface area contributed by atoms with Crippen LogP contribution in [0.3, 0.4) is 0 Å². The van der Waals surface area contributed by atoms with Gasteiger partial charge >= 0.3 is 0 Å². The van der Waals surface area contributed by atoms with Gasteiger partial charge in [-0.05, 0) is 37.6 Å². The minimum atomic E-state index is -0.186. The van der Waals surface area contributed by atoms with Crippen LogP contribution in [0, 0.1) is 17.8 Å². The quantitative estimate of drug-likeness (QED) is 0.769. The number of carbonyl (C=O) groups excluding carboxylic acids is 1. The average Bonchev–Trinajstić information content (AvgIpc) is 2.16. The summed E-state index contributed by atoms with van der Waals surface area (Å²) in [6, 6.07) is 0. The topological polar surface area (TPSA) is 55.1 Å². The molecule has 0 spiro atoms. The average molecular weight is 226 g/mol. The molecule has 0 aromatic carbocycles. The fraction of sp³-hybridized carbons (Fsp3) is 0.923. The second kappa shape index (κ2) is 5.17. The Labute approximate surface area is 99.2 Å². The summed E-state index contributed by atoms with van der Waals surface area (Å²) in [5.41, 5.74) is 5.34. The molecule has 0 radical (unpaired) electrons. The van der Waals surface area contributed by atoms with E-state index >= 15 is 0 Å². The SMILES string of the molecule is CNC1(CC(N)=O)CC(C)CCC1C(C)C. The molecule has 94 valence electrons. The third-order valence-electron chi connectivity index (χ3n) is 4.19. The molecule has 3 N–H and O–H groups in total. The monoisotopic (exact) mass is 226 g/mol. The first-order chi connectivity index (χ1) is 7.41. The zero-order chi connectivity index (χ0) is 12.3. The third-order valence-corrected chi connectivity index (χ3v) is 4.19. The van der Waals surface area contributed by atoms with E-state index in [9.17, 15) is 4.79 Å². The molecule has 1 fully saturated rings. The van der Waals surface area contributed by atoms with E-state index < -0.39 is 0 Å². The molecule has 0 saturated heterocycles. The maximum absolute atomic E-state index is 11.3. The highest BCUT2D eigenvalue weighted by Crippen LogP contribution is 2.42. The van der Waals surface area contributed by atoms with Crippen molar-refractivity contribution >= 4 is 5.91 Å². The Morgan fingerprint density at radius 2 is 2.12 bits per heavy atom. The summed E-state index contributed by atoms with van der Waals surface area (Å²) in [6.07, 6.45) is 4.00. The highest BCUT2D eigenvalue weighted by Gasteiger charge is 2.43. The lowest BCUT2D eigenvalue weighted by atomic mass is 9.63. The van der Waals surface area contributed by atoms with E-state index in [1.807, 2.05) is 7.05 Å². The van der Waals surface area contributed by atoms with E-state index in [1.165, 1.54) is 12.8 Å². The highest BCUT2D eigenvalue weighted by atomic mass is 16.1. The largest absolute Gasteiger partial charge is 0.370 e. The van der Waals surface area contributed by atoms with Gasteiger partial charge in [-0.2, -0.15) is 0 Å². The molecule has 1 aliphatic rings. The number of nitrogens with one attached hydrogen (secondary N) is 1. The first-order valence-corrected chi connectivity index (χ1v) is 6.38. The molecular weight excluding hydrogens is 200 g/mol. The Balaban J connectivity index is 2.92. The van der Waals surface area contributed by atoms with Crippen LogP contribution >= 0.6 is 0 Å². The molecule has 3 unspecified atom stereocenters. The van der Waals surface area contributed by atoms with Crippen molar-refractivity contribution in [2.24, 2.45) is 23.5 Å². The van der Waals surface area contributed by atoms with Crippen LogP contribution in [0.25, 0.3) is 0 Å². The number of hydrogen-bond donors (Lipinski definition) is 2. The molecule has 16 heavy (non-hydrogen) atoms. The van der Waals surface area contributed by atoms with E-state index in [0.717, 1.165) is 6.42 Å². The van der Waals surface area contributed by atoms with Gasteiger partial charge in [0.15, 0.2) is 0 Å². The molecule has 1 aliphatic carbocycles. The van der Waals surface area contributed by atoms with Crippen molar-refractivity contribution in [2.75, 3.05) is 7.05 Å². The standard InChI is InChI=1S/C13H26N2O/c1-9(2)11-6-5-10(3)7-13(11,15-4)8-12(14)16/h9-11,15H,5-8H2,1-4H3,(H2,14,16). The van der Waals surface area contributed by atoms with Crippen LogP contribution in [0.5, 0.6) is 0 Å². The van der Waals surface area contributed by atoms with Crippen LogP contribution in [0.2, 0.25) is 0 Å². The van der Waals surface area contributed by atoms with E-state index in [1.54, 1.807) is 0 Å². The van der Waals surface area contributed by atoms with E-state index in [2.05, 4.69) is 26.1 Å². The number of rotatable bonds is 4. The fourth-order valence-corrected chi connectivity index (χ4v) is 3.48. The summed E-state index contributed by atoms with van der Waals surface area (Å²) in [4.78, 5) is 11.3. The molecule has 3 heteroatoms. The van der Waals surface area contributed by atoms with E-state index in [-0.39, 0.29) is 11.4 Å². The van der Waals surface area contributed by atoms with E-state index in [4.69, 9.17) is 5.73 Å². The van der Waals surface area contributed by atoms with Crippen molar-refractivity contribution in [3.8, 4) is 0 Å². The molecular formula is C13H26N2O. The molecule has 1 amide bonds. The lowest BCUT2D eigenvalue weighted by Gasteiger charge is -2.48. The second-order valence-electron chi connectivity index (χ2n) is 5.79. The van der Waals surface area contributed by atoms with Crippen LogP contribution < -0.4 is 11.1 Å². The van der Waals surface area contributed by atoms with E-state index in [0.29, 0.717) is 24.2 Å². The predicted molar refractivity (Wildman–Crippen MR) is 66.9 cm³/mol. The van der Waals surface area contributed by atoms with Crippen LogP contribution in [-0.2, 0) is 4.79 Å². The molecule has 0 bridgehead atoms. The van der Waals surface area contributed by atoms with Gasteiger partial charge in [0.2, 0.25) is 5.91 Å². The number of carbonyl (C=O) groups is 1. The van der Waals surface area contributed by atoms with Gasteiger partial charge in [0, 0.05) is 12.0 Å². The van der Waals surface area contributed by atoms with Crippen LogP contribution in [0.1, 0.15) is 46.5 Å². The zero-order valence-electron chi connectivity index (χ0n) is 11.0. The maximum Gasteiger partial charge on any atom is 0.219 e. The maximum atomic E-state index is 11.3. The Bertz CT molecular complexity index is 252. The lowest BCUT2D eigenvalue weighted by molar-refractivity contribution is -0.121. The summed E-state index contributed by atoms with van der Waals surface area (Å²) in [7, 11) is 1.97. The molecule has 0 heterocycles. The lowest BCUT2D eigenvalue weighted by Crippen LogP contribution is -2.56. The normalized spacial score (nSPS) is 35.3. The Kier molecular flexibility index (Phi) is 4.36. The van der Waals surface area contributed by atoms with Crippen LogP contribution in [0.15, 0.2) is 0 Å². The summed E-state index contributed by atoms with van der Waals surface area (Å²) < 4.78 is 0. The van der Waals surface area contributed by atoms with Gasteiger partial charge in [0.05, 0.1) is 0 Å². The van der Waals surface area contributed by atoms with Crippen molar-refractivity contribution in [3.05, 3.63) is 0 Å².